The van der Waals surface area contributed by atoms with Gasteiger partial charge in [-0.2, -0.15) is 5.10 Å². The van der Waals surface area contributed by atoms with Crippen LogP contribution in [0.1, 0.15) is 21.9 Å². The second-order valence-electron chi connectivity index (χ2n) is 7.86. The standard InChI is InChI=1S/C20H26N4O2Si/c1-23-10-9-21-20(23)8-7-18-17-6-5-16(14-25)13-19(17)24(22-18)15-26-11-12-27(2,3)4/h5-10,13-14H,11-12,15H2,1-4H3. The molecule has 0 spiro atoms. The van der Waals surface area contributed by atoms with Gasteiger partial charge in [0.15, 0.2) is 0 Å². The summed E-state index contributed by atoms with van der Waals surface area (Å²) in [5.41, 5.74) is 2.36. The van der Waals surface area contributed by atoms with Crippen molar-refractivity contribution in [2.24, 2.45) is 7.05 Å². The first-order chi connectivity index (χ1) is 12.9. The second-order valence-corrected chi connectivity index (χ2v) is 13.5. The highest BCUT2D eigenvalue weighted by atomic mass is 28.3. The Hall–Kier alpha value is -2.51. The molecule has 0 aliphatic carbocycles. The lowest BCUT2D eigenvalue weighted by Gasteiger charge is -2.15. The van der Waals surface area contributed by atoms with E-state index in [-0.39, 0.29) is 0 Å². The largest absolute Gasteiger partial charge is 0.360 e. The number of carbonyl (C=O) groups excluding carboxylic acids is 1. The third-order valence-corrected chi connectivity index (χ3v) is 6.10. The second kappa shape index (κ2) is 8.02. The monoisotopic (exact) mass is 382 g/mol. The number of fused-ring (bicyclic) bond motifs is 1. The number of hydrogen-bond donors (Lipinski definition) is 0. The van der Waals surface area contributed by atoms with Crippen LogP contribution in [0.15, 0.2) is 30.6 Å². The van der Waals surface area contributed by atoms with Crippen LogP contribution in [0.3, 0.4) is 0 Å². The molecule has 0 amide bonds. The van der Waals surface area contributed by atoms with E-state index in [4.69, 9.17) is 9.84 Å². The van der Waals surface area contributed by atoms with Gasteiger partial charge in [-0.25, -0.2) is 9.67 Å². The van der Waals surface area contributed by atoms with Crippen molar-refractivity contribution in [1.29, 1.82) is 0 Å². The summed E-state index contributed by atoms with van der Waals surface area (Å²) < 4.78 is 9.63. The van der Waals surface area contributed by atoms with E-state index < -0.39 is 8.07 Å². The van der Waals surface area contributed by atoms with Gasteiger partial charge in [0.2, 0.25) is 0 Å². The van der Waals surface area contributed by atoms with Crippen molar-refractivity contribution < 1.29 is 9.53 Å². The topological polar surface area (TPSA) is 61.9 Å². The Balaban J connectivity index is 1.87. The van der Waals surface area contributed by atoms with Gasteiger partial charge in [-0.1, -0.05) is 25.7 Å². The van der Waals surface area contributed by atoms with Crippen molar-refractivity contribution in [2.45, 2.75) is 32.4 Å². The molecule has 7 heteroatoms. The molecule has 0 bridgehead atoms. The summed E-state index contributed by atoms with van der Waals surface area (Å²) in [6.07, 6.45) is 8.40. The lowest BCUT2D eigenvalue weighted by Crippen LogP contribution is -2.22. The zero-order chi connectivity index (χ0) is 19.4. The number of hydrogen-bond acceptors (Lipinski definition) is 4. The van der Waals surface area contributed by atoms with Crippen molar-refractivity contribution in [3.8, 4) is 0 Å². The third-order valence-electron chi connectivity index (χ3n) is 4.40. The van der Waals surface area contributed by atoms with Crippen molar-refractivity contribution in [3.05, 3.63) is 47.7 Å². The molecule has 0 fully saturated rings. The van der Waals surface area contributed by atoms with Crippen LogP contribution in [0.4, 0.5) is 0 Å². The van der Waals surface area contributed by atoms with Crippen molar-refractivity contribution >= 4 is 37.4 Å². The quantitative estimate of drug-likeness (QED) is 0.335. The van der Waals surface area contributed by atoms with Crippen LogP contribution in [0.2, 0.25) is 25.7 Å². The fourth-order valence-electron chi connectivity index (χ4n) is 2.73. The van der Waals surface area contributed by atoms with Gasteiger partial charge in [-0.05, 0) is 30.3 Å². The summed E-state index contributed by atoms with van der Waals surface area (Å²) in [4.78, 5) is 15.5. The Morgan fingerprint density at radius 2 is 2.04 bits per heavy atom. The summed E-state index contributed by atoms with van der Waals surface area (Å²) >= 11 is 0. The molecule has 0 unspecified atom stereocenters. The number of rotatable bonds is 8. The maximum atomic E-state index is 11.2. The highest BCUT2D eigenvalue weighted by Crippen LogP contribution is 2.22. The van der Waals surface area contributed by atoms with Crippen LogP contribution >= 0.6 is 0 Å². The van der Waals surface area contributed by atoms with Gasteiger partial charge in [0, 0.05) is 45.1 Å². The Morgan fingerprint density at radius 1 is 1.22 bits per heavy atom. The van der Waals surface area contributed by atoms with Crippen molar-refractivity contribution in [2.75, 3.05) is 6.61 Å². The number of ether oxygens (including phenoxy) is 1. The minimum atomic E-state index is -1.13. The fourth-order valence-corrected chi connectivity index (χ4v) is 3.49. The predicted octanol–water partition coefficient (Wildman–Crippen LogP) is 4.07. The maximum absolute atomic E-state index is 11.2. The highest BCUT2D eigenvalue weighted by molar-refractivity contribution is 6.76. The van der Waals surface area contributed by atoms with E-state index in [1.54, 1.807) is 6.20 Å². The zero-order valence-electron chi connectivity index (χ0n) is 16.3. The lowest BCUT2D eigenvalue weighted by molar-refractivity contribution is 0.0816. The molecule has 27 heavy (non-hydrogen) atoms. The molecule has 142 valence electrons. The number of aldehydes is 1. The van der Waals surface area contributed by atoms with Gasteiger partial charge in [-0.3, -0.25) is 4.79 Å². The molecule has 0 aliphatic heterocycles. The number of aromatic nitrogens is 4. The molecule has 0 N–H and O–H groups in total. The van der Waals surface area contributed by atoms with Crippen LogP contribution < -0.4 is 0 Å². The van der Waals surface area contributed by atoms with Gasteiger partial charge >= 0.3 is 0 Å². The van der Waals surface area contributed by atoms with E-state index in [0.29, 0.717) is 12.3 Å². The van der Waals surface area contributed by atoms with Crippen LogP contribution in [0.25, 0.3) is 23.1 Å². The third kappa shape index (κ3) is 4.81. The maximum Gasteiger partial charge on any atom is 0.150 e. The minimum Gasteiger partial charge on any atom is -0.360 e. The zero-order valence-corrected chi connectivity index (χ0v) is 17.3. The van der Waals surface area contributed by atoms with Crippen molar-refractivity contribution in [1.82, 2.24) is 19.3 Å². The summed E-state index contributed by atoms with van der Waals surface area (Å²) in [7, 11) is 0.822. The number of carbonyl (C=O) groups is 1. The molecule has 3 aromatic rings. The molecule has 2 aromatic heterocycles. The van der Waals surface area contributed by atoms with Gasteiger partial charge in [0.05, 0.1) is 11.2 Å². The Kier molecular flexibility index (Phi) is 5.72. The smallest absolute Gasteiger partial charge is 0.150 e. The molecule has 0 saturated heterocycles. The Bertz CT molecular complexity index is 966. The van der Waals surface area contributed by atoms with Gasteiger partial charge in [0.1, 0.15) is 18.8 Å². The lowest BCUT2D eigenvalue weighted by atomic mass is 10.1. The Labute approximate surface area is 160 Å². The molecule has 0 radical (unpaired) electrons. The minimum absolute atomic E-state index is 0.375. The summed E-state index contributed by atoms with van der Waals surface area (Å²) in [5.74, 6) is 0.855. The molecule has 0 atom stereocenters. The fraction of sp³-hybridized carbons (Fsp3) is 0.350. The Morgan fingerprint density at radius 3 is 2.70 bits per heavy atom. The van der Waals surface area contributed by atoms with Gasteiger partial charge < -0.3 is 9.30 Å². The highest BCUT2D eigenvalue weighted by Gasteiger charge is 2.13. The van der Waals surface area contributed by atoms with E-state index in [1.165, 1.54) is 0 Å². The molecular weight excluding hydrogens is 356 g/mol. The number of benzene rings is 1. The van der Waals surface area contributed by atoms with Crippen LogP contribution in [0.5, 0.6) is 0 Å². The van der Waals surface area contributed by atoms with E-state index in [0.717, 1.165) is 41.4 Å². The predicted molar refractivity (Wildman–Crippen MR) is 111 cm³/mol. The average Bonchev–Trinajstić information content (AvgIpc) is 3.19. The first kappa shape index (κ1) is 19.3. The normalized spacial score (nSPS) is 12.3. The first-order valence-electron chi connectivity index (χ1n) is 9.06. The molecular formula is C20H26N4O2Si. The average molecular weight is 383 g/mol. The van der Waals surface area contributed by atoms with Gasteiger partial charge in [-0.15, -0.1) is 0 Å². The summed E-state index contributed by atoms with van der Waals surface area (Å²) in [6, 6.07) is 6.71. The summed E-state index contributed by atoms with van der Waals surface area (Å²) in [6.45, 7) is 8.09. The first-order valence-corrected chi connectivity index (χ1v) is 12.8. The molecule has 2 heterocycles. The van der Waals surface area contributed by atoms with Crippen LogP contribution in [-0.4, -0.2) is 40.3 Å². The number of aryl methyl sites for hydroxylation is 1. The SMILES string of the molecule is Cn1ccnc1C=Cc1nn(COCC[Si](C)(C)C)c2cc(C=O)ccc12. The number of nitrogens with zero attached hydrogens (tertiary/aromatic N) is 4. The molecule has 1 aromatic carbocycles. The molecule has 0 saturated carbocycles. The molecule has 6 nitrogen and oxygen atoms in total. The van der Waals surface area contributed by atoms with Crippen LogP contribution in [0, 0.1) is 0 Å². The molecule has 0 aliphatic rings. The van der Waals surface area contributed by atoms with E-state index >= 15 is 0 Å². The van der Waals surface area contributed by atoms with E-state index in [9.17, 15) is 4.79 Å². The number of imidazole rings is 1. The van der Waals surface area contributed by atoms with Crippen LogP contribution in [-0.2, 0) is 18.5 Å². The van der Waals surface area contributed by atoms with Crippen molar-refractivity contribution in [3.63, 3.8) is 0 Å². The van der Waals surface area contributed by atoms with E-state index in [1.807, 2.05) is 52.8 Å². The van der Waals surface area contributed by atoms with E-state index in [2.05, 4.69) is 24.6 Å². The summed E-state index contributed by atoms with van der Waals surface area (Å²) in [5, 5.41) is 5.68. The molecule has 3 rings (SSSR count). The van der Waals surface area contributed by atoms with Gasteiger partial charge in [0.25, 0.3) is 0 Å².